The number of nitriles is 7. The smallest absolute Gasteiger partial charge is 0.295 e. The van der Waals surface area contributed by atoms with Crippen molar-refractivity contribution in [2.24, 2.45) is 11.5 Å². The van der Waals surface area contributed by atoms with Crippen LogP contribution >= 0.6 is 0 Å². The van der Waals surface area contributed by atoms with Crippen molar-refractivity contribution in [3.05, 3.63) is 28.6 Å². The third kappa shape index (κ3) is 14.8. The molecule has 1 rings (SSSR count). The second-order valence-electron chi connectivity index (χ2n) is 4.87. The number of ether oxygens (including phenoxy) is 3. The molecule has 34 heavy (non-hydrogen) atoms. The summed E-state index contributed by atoms with van der Waals surface area (Å²) < 4.78 is 14.4. The number of aromatic amines is 1. The zero-order valence-corrected chi connectivity index (χ0v) is 18.4. The molecule has 1 heterocycles. The monoisotopic (exact) mass is 467 g/mol. The van der Waals surface area contributed by atoms with E-state index in [1.807, 2.05) is 12.1 Å². The van der Waals surface area contributed by atoms with E-state index in [1.54, 1.807) is 18.2 Å². The first-order valence-electron chi connectivity index (χ1n) is 8.34. The number of nitrogens with one attached hydrogen (secondary N) is 1. The van der Waals surface area contributed by atoms with Gasteiger partial charge in [-0.2, -0.15) is 36.8 Å². The highest BCUT2D eigenvalue weighted by molar-refractivity contribution is 5.36. The normalized spacial score (nSPS) is 8.85. The molecule has 1 aromatic rings. The molecule has 5 N–H and O–H groups in total. The Bertz CT molecular complexity index is 993. The van der Waals surface area contributed by atoms with Crippen LogP contribution < -0.4 is 11.5 Å². The minimum Gasteiger partial charge on any atom is -0.388 e. The number of H-pyrrole nitrogens is 1. The molecule has 0 saturated carbocycles. The number of imidazole rings is 1. The highest BCUT2D eigenvalue weighted by Gasteiger charge is 2.28. The number of hydrogen-bond donors (Lipinski definition) is 3. The predicted molar refractivity (Wildman–Crippen MR) is 116 cm³/mol. The fraction of sp³-hybridized carbons (Fsp3) is 0.400. The second-order valence-corrected chi connectivity index (χ2v) is 4.87. The van der Waals surface area contributed by atoms with Gasteiger partial charge in [0, 0.05) is 28.3 Å². The molecular weight excluding hydrogens is 442 g/mol. The molecule has 14 heteroatoms. The van der Waals surface area contributed by atoms with Gasteiger partial charge in [0.1, 0.15) is 47.9 Å². The summed E-state index contributed by atoms with van der Waals surface area (Å²) in [5.41, 5.74) is 9.50. The van der Waals surface area contributed by atoms with E-state index in [1.165, 1.54) is 40.4 Å². The molecule has 1 aromatic heterocycles. The van der Waals surface area contributed by atoms with Crippen LogP contribution in [0.4, 0.5) is 0 Å². The maximum Gasteiger partial charge on any atom is 0.295 e. The van der Waals surface area contributed by atoms with Gasteiger partial charge >= 0.3 is 0 Å². The van der Waals surface area contributed by atoms with Crippen LogP contribution in [0.1, 0.15) is 38.0 Å². The standard InChI is InChI=1S/C7H3N5.C6H11NO3.C4H4N4.C2H3N.CH4/c8-2-1-7-11-5(3-9)6(4-10)12-7;1-8-6(9-2,10-3)4-5-7;5-1-3(7)4(8)2-6;1-2-3;/h1H2,(H,11,12);4H2,1-3H3;7-8H2;1H3;1H4/b;;4-3-;;. The van der Waals surface area contributed by atoms with E-state index in [0.29, 0.717) is 5.82 Å². The summed E-state index contributed by atoms with van der Waals surface area (Å²) in [6.07, 6.45) is 0.132. The Morgan fingerprint density at radius 2 is 1.32 bits per heavy atom. The van der Waals surface area contributed by atoms with Gasteiger partial charge in [-0.15, -0.1) is 0 Å². The first kappa shape index (κ1) is 36.2. The SMILES string of the molecule is C.CC#N.COC(CC#N)(OC)OC.N#C/C(N)=C(/N)C#N.N#CCc1nc(C#N)c(C#N)[nH]1. The quantitative estimate of drug-likeness (QED) is 0.403. The molecule has 0 amide bonds. The van der Waals surface area contributed by atoms with Crippen molar-refractivity contribution in [2.45, 2.75) is 33.2 Å². The van der Waals surface area contributed by atoms with E-state index in [0.717, 1.165) is 0 Å². The fourth-order valence-electron chi connectivity index (χ4n) is 1.43. The molecule has 0 fully saturated rings. The van der Waals surface area contributed by atoms with Crippen LogP contribution in [0.2, 0.25) is 0 Å². The fourth-order valence-corrected chi connectivity index (χ4v) is 1.43. The number of nitrogens with zero attached hydrogens (tertiary/aromatic N) is 8. The van der Waals surface area contributed by atoms with Crippen LogP contribution in [0.3, 0.4) is 0 Å². The summed E-state index contributed by atoms with van der Waals surface area (Å²) in [7, 11) is 4.26. The Morgan fingerprint density at radius 1 is 0.882 bits per heavy atom. The van der Waals surface area contributed by atoms with Crippen molar-refractivity contribution >= 4 is 0 Å². The average molecular weight is 467 g/mol. The van der Waals surface area contributed by atoms with Crippen LogP contribution in [0.25, 0.3) is 0 Å². The Labute approximate surface area is 198 Å². The molecule has 0 unspecified atom stereocenters. The Balaban J connectivity index is -0.000000188. The highest BCUT2D eigenvalue weighted by Crippen LogP contribution is 2.15. The second kappa shape index (κ2) is 22.5. The number of rotatable bonds is 5. The number of nitrogens with two attached hydrogens (primary N) is 2. The van der Waals surface area contributed by atoms with Gasteiger partial charge in [0.2, 0.25) is 0 Å². The van der Waals surface area contributed by atoms with Crippen molar-refractivity contribution in [1.82, 2.24) is 9.97 Å². The topological polar surface area (TPSA) is 275 Å². The summed E-state index contributed by atoms with van der Waals surface area (Å²) in [4.78, 5) is 6.29. The van der Waals surface area contributed by atoms with Crippen LogP contribution in [0.15, 0.2) is 11.4 Å². The molecule has 0 atom stereocenters. The van der Waals surface area contributed by atoms with Crippen LogP contribution in [0.5, 0.6) is 0 Å². The predicted octanol–water partition coefficient (Wildman–Crippen LogP) is 1.04. The summed E-state index contributed by atoms with van der Waals surface area (Å²) in [5, 5.41) is 56.8. The van der Waals surface area contributed by atoms with Gasteiger partial charge in [-0.1, -0.05) is 7.43 Å². The molecule has 0 aliphatic carbocycles. The summed E-state index contributed by atoms with van der Waals surface area (Å²) >= 11 is 0. The van der Waals surface area contributed by atoms with E-state index in [4.69, 9.17) is 62.5 Å². The van der Waals surface area contributed by atoms with E-state index in [-0.39, 0.29) is 43.1 Å². The van der Waals surface area contributed by atoms with Crippen molar-refractivity contribution in [3.63, 3.8) is 0 Å². The third-order valence-electron chi connectivity index (χ3n) is 2.98. The largest absolute Gasteiger partial charge is 0.388 e. The summed E-state index contributed by atoms with van der Waals surface area (Å²) in [6.45, 7) is 1.43. The number of methoxy groups -OCH3 is 3. The molecule has 0 radical (unpaired) electrons. The number of allylic oxidation sites excluding steroid dienone is 2. The molecule has 0 aliphatic rings. The van der Waals surface area contributed by atoms with Gasteiger partial charge in [-0.25, -0.2) is 4.98 Å². The van der Waals surface area contributed by atoms with Gasteiger partial charge in [-0.3, -0.25) is 0 Å². The highest BCUT2D eigenvalue weighted by atomic mass is 16.9. The van der Waals surface area contributed by atoms with Crippen molar-refractivity contribution < 1.29 is 14.2 Å². The van der Waals surface area contributed by atoms with Gasteiger partial charge in [0.05, 0.1) is 24.6 Å². The molecule has 0 saturated heterocycles. The van der Waals surface area contributed by atoms with Gasteiger partial charge in [0.15, 0.2) is 11.4 Å². The van der Waals surface area contributed by atoms with Crippen molar-refractivity contribution in [1.29, 1.82) is 36.8 Å². The minimum atomic E-state index is -1.19. The summed E-state index contributed by atoms with van der Waals surface area (Å²) in [6, 6.07) is 12.1. The van der Waals surface area contributed by atoms with Crippen LogP contribution in [-0.2, 0) is 20.6 Å². The van der Waals surface area contributed by atoms with Gasteiger partial charge < -0.3 is 30.7 Å². The third-order valence-corrected chi connectivity index (χ3v) is 2.98. The lowest BCUT2D eigenvalue weighted by Crippen LogP contribution is -2.35. The van der Waals surface area contributed by atoms with Crippen molar-refractivity contribution in [3.8, 4) is 42.5 Å². The van der Waals surface area contributed by atoms with Crippen LogP contribution in [-0.4, -0.2) is 37.3 Å². The van der Waals surface area contributed by atoms with E-state index in [9.17, 15) is 0 Å². The zero-order valence-electron chi connectivity index (χ0n) is 18.4. The minimum absolute atomic E-state index is 0. The van der Waals surface area contributed by atoms with Crippen molar-refractivity contribution in [2.75, 3.05) is 21.3 Å². The summed E-state index contributed by atoms with van der Waals surface area (Å²) in [5.74, 6) is -0.833. The number of aromatic nitrogens is 2. The molecule has 0 aliphatic heterocycles. The molecule has 14 nitrogen and oxygen atoms in total. The van der Waals surface area contributed by atoms with E-state index in [2.05, 4.69) is 9.97 Å². The van der Waals surface area contributed by atoms with E-state index >= 15 is 0 Å². The molecular formula is C20H25N11O3. The lowest BCUT2D eigenvalue weighted by molar-refractivity contribution is -0.348. The van der Waals surface area contributed by atoms with Crippen LogP contribution in [0, 0.1) is 79.3 Å². The lowest BCUT2D eigenvalue weighted by Gasteiger charge is -2.25. The molecule has 0 aromatic carbocycles. The molecule has 0 spiro atoms. The Hall–Kier alpha value is -5.14. The maximum atomic E-state index is 8.48. The lowest BCUT2D eigenvalue weighted by atomic mass is 10.4. The maximum absolute atomic E-state index is 8.48. The van der Waals surface area contributed by atoms with Gasteiger partial charge in [-0.05, 0) is 0 Å². The van der Waals surface area contributed by atoms with E-state index < -0.39 is 5.97 Å². The first-order valence-corrected chi connectivity index (χ1v) is 8.34. The zero-order chi connectivity index (χ0) is 26.3. The Morgan fingerprint density at radius 3 is 1.53 bits per heavy atom. The average Bonchev–Trinajstić information content (AvgIpc) is 3.25. The van der Waals surface area contributed by atoms with Gasteiger partial charge in [0.25, 0.3) is 5.97 Å². The molecule has 178 valence electrons. The number of hydrogen-bond acceptors (Lipinski definition) is 13. The molecule has 0 bridgehead atoms. The Kier molecular flexibility index (Phi) is 24.0. The first-order chi connectivity index (χ1) is 15.7.